The predicted molar refractivity (Wildman–Crippen MR) is 62.8 cm³/mol. The van der Waals surface area contributed by atoms with E-state index in [4.69, 9.17) is 10.5 Å². The van der Waals surface area contributed by atoms with Crippen LogP contribution in [0, 0.1) is 0 Å². The highest BCUT2D eigenvalue weighted by Gasteiger charge is 2.39. The lowest BCUT2D eigenvalue weighted by atomic mass is 9.95. The van der Waals surface area contributed by atoms with Crippen LogP contribution in [0.25, 0.3) is 0 Å². The second kappa shape index (κ2) is 5.35. The molecule has 1 aliphatic heterocycles. The predicted octanol–water partition coefficient (Wildman–Crippen LogP) is 0.788. The summed E-state index contributed by atoms with van der Waals surface area (Å²) in [7, 11) is 2.17. The van der Waals surface area contributed by atoms with Gasteiger partial charge in [0.25, 0.3) is 0 Å². The van der Waals surface area contributed by atoms with Gasteiger partial charge in [0.2, 0.25) is 0 Å². The number of ether oxygens (including phenoxy) is 1. The lowest BCUT2D eigenvalue weighted by Crippen LogP contribution is -2.56. The normalized spacial score (nSPS) is 29.8. The van der Waals surface area contributed by atoms with Gasteiger partial charge in [0.1, 0.15) is 0 Å². The highest BCUT2D eigenvalue weighted by atomic mass is 32.2. The summed E-state index contributed by atoms with van der Waals surface area (Å²) in [6.07, 6.45) is 3.21. The van der Waals surface area contributed by atoms with Gasteiger partial charge in [-0.25, -0.2) is 0 Å². The lowest BCUT2D eigenvalue weighted by Gasteiger charge is -2.40. The topological polar surface area (TPSA) is 38.5 Å². The van der Waals surface area contributed by atoms with Crippen molar-refractivity contribution in [2.45, 2.75) is 24.9 Å². The van der Waals surface area contributed by atoms with Crippen LogP contribution in [0.4, 0.5) is 0 Å². The van der Waals surface area contributed by atoms with Crippen molar-refractivity contribution in [2.24, 2.45) is 5.73 Å². The van der Waals surface area contributed by atoms with Crippen LogP contribution in [-0.2, 0) is 4.74 Å². The maximum atomic E-state index is 5.88. The van der Waals surface area contributed by atoms with Crippen molar-refractivity contribution in [3.05, 3.63) is 0 Å². The fourth-order valence-corrected chi connectivity index (χ4v) is 2.71. The third-order valence-electron chi connectivity index (χ3n) is 3.28. The molecule has 1 fully saturated rings. The van der Waals surface area contributed by atoms with Gasteiger partial charge >= 0.3 is 0 Å². The number of rotatable bonds is 5. The third-order valence-corrected chi connectivity index (χ3v) is 4.10. The molecule has 4 heteroatoms. The minimum atomic E-state index is 0.0924. The van der Waals surface area contributed by atoms with E-state index in [0.29, 0.717) is 12.6 Å². The van der Waals surface area contributed by atoms with E-state index in [-0.39, 0.29) is 5.54 Å². The molecule has 0 aromatic rings. The van der Waals surface area contributed by atoms with E-state index in [1.165, 1.54) is 0 Å². The summed E-state index contributed by atoms with van der Waals surface area (Å²) in [6, 6.07) is 0.565. The standard InChI is InChI=1S/C10H22N2OS/c1-9(6-14-3)12(2)10(7-11)4-5-13-8-10/h9H,4-8,11H2,1-3H3. The number of nitrogens with zero attached hydrogens (tertiary/aromatic N) is 1. The number of hydrogen-bond donors (Lipinski definition) is 1. The van der Waals surface area contributed by atoms with Crippen molar-refractivity contribution in [1.82, 2.24) is 4.90 Å². The van der Waals surface area contributed by atoms with Crippen LogP contribution in [0.5, 0.6) is 0 Å². The van der Waals surface area contributed by atoms with Crippen LogP contribution >= 0.6 is 11.8 Å². The fourth-order valence-electron chi connectivity index (χ4n) is 2.00. The first-order chi connectivity index (χ1) is 6.66. The van der Waals surface area contributed by atoms with Gasteiger partial charge in [-0.05, 0) is 26.6 Å². The highest BCUT2D eigenvalue weighted by Crippen LogP contribution is 2.26. The molecule has 0 spiro atoms. The maximum Gasteiger partial charge on any atom is 0.0663 e. The monoisotopic (exact) mass is 218 g/mol. The van der Waals surface area contributed by atoms with E-state index >= 15 is 0 Å². The SMILES string of the molecule is CSCC(C)N(C)C1(CN)CCOC1. The second-order valence-corrected chi connectivity index (χ2v) is 5.06. The van der Waals surface area contributed by atoms with Gasteiger partial charge in [-0.15, -0.1) is 0 Å². The van der Waals surface area contributed by atoms with E-state index in [2.05, 4.69) is 25.1 Å². The van der Waals surface area contributed by atoms with Crippen LogP contribution in [0.15, 0.2) is 0 Å². The first-order valence-corrected chi connectivity index (χ1v) is 6.55. The van der Waals surface area contributed by atoms with Crippen molar-refractivity contribution >= 4 is 11.8 Å². The van der Waals surface area contributed by atoms with Crippen LogP contribution in [0.2, 0.25) is 0 Å². The lowest BCUT2D eigenvalue weighted by molar-refractivity contribution is 0.0723. The van der Waals surface area contributed by atoms with E-state index in [1.54, 1.807) is 0 Å². The van der Waals surface area contributed by atoms with Crippen molar-refractivity contribution in [1.29, 1.82) is 0 Å². The van der Waals surface area contributed by atoms with Crippen molar-refractivity contribution in [2.75, 3.05) is 38.8 Å². The molecule has 1 aliphatic rings. The summed E-state index contributed by atoms with van der Waals surface area (Å²) in [5.41, 5.74) is 5.97. The van der Waals surface area contributed by atoms with Crippen LogP contribution in [-0.4, -0.2) is 55.3 Å². The molecular weight excluding hydrogens is 196 g/mol. The van der Waals surface area contributed by atoms with Crippen LogP contribution < -0.4 is 5.73 Å². The number of hydrogen-bond acceptors (Lipinski definition) is 4. The molecule has 2 unspecified atom stereocenters. The maximum absolute atomic E-state index is 5.88. The fraction of sp³-hybridized carbons (Fsp3) is 1.00. The third kappa shape index (κ3) is 2.42. The van der Waals surface area contributed by atoms with Gasteiger partial charge < -0.3 is 10.5 Å². The van der Waals surface area contributed by atoms with Gasteiger partial charge in [0, 0.05) is 24.9 Å². The molecule has 3 nitrogen and oxygen atoms in total. The molecule has 84 valence electrons. The van der Waals surface area contributed by atoms with Gasteiger partial charge in [0.15, 0.2) is 0 Å². The van der Waals surface area contributed by atoms with Gasteiger partial charge in [-0.3, -0.25) is 4.90 Å². The van der Waals surface area contributed by atoms with Crippen LogP contribution in [0.1, 0.15) is 13.3 Å². The Morgan fingerprint density at radius 2 is 2.36 bits per heavy atom. The smallest absolute Gasteiger partial charge is 0.0663 e. The average molecular weight is 218 g/mol. The summed E-state index contributed by atoms with van der Waals surface area (Å²) < 4.78 is 5.47. The largest absolute Gasteiger partial charge is 0.379 e. The van der Waals surface area contributed by atoms with E-state index in [9.17, 15) is 0 Å². The minimum Gasteiger partial charge on any atom is -0.379 e. The number of likely N-dealkylation sites (N-methyl/N-ethyl adjacent to an activating group) is 1. The zero-order valence-electron chi connectivity index (χ0n) is 9.45. The van der Waals surface area contributed by atoms with Crippen LogP contribution in [0.3, 0.4) is 0 Å². The van der Waals surface area contributed by atoms with E-state index in [1.807, 2.05) is 11.8 Å². The van der Waals surface area contributed by atoms with E-state index in [0.717, 1.165) is 25.4 Å². The quantitative estimate of drug-likeness (QED) is 0.740. The summed E-state index contributed by atoms with van der Waals surface area (Å²) in [5.74, 6) is 1.15. The number of nitrogens with two attached hydrogens (primary N) is 1. The average Bonchev–Trinajstić information content (AvgIpc) is 2.66. The Balaban J connectivity index is 2.59. The molecule has 0 amide bonds. The Labute approximate surface area is 91.4 Å². The van der Waals surface area contributed by atoms with Crippen molar-refractivity contribution < 1.29 is 4.74 Å². The molecule has 1 saturated heterocycles. The minimum absolute atomic E-state index is 0.0924. The van der Waals surface area contributed by atoms with Gasteiger partial charge in [-0.1, -0.05) is 0 Å². The molecule has 2 atom stereocenters. The zero-order valence-corrected chi connectivity index (χ0v) is 10.3. The summed E-state index contributed by atoms with van der Waals surface area (Å²) in [4.78, 5) is 2.40. The summed E-state index contributed by atoms with van der Waals surface area (Å²) in [6.45, 7) is 4.60. The molecule has 0 aromatic heterocycles. The molecule has 0 bridgehead atoms. The Kier molecular flexibility index (Phi) is 4.70. The van der Waals surface area contributed by atoms with Crippen molar-refractivity contribution in [3.8, 4) is 0 Å². The second-order valence-electron chi connectivity index (χ2n) is 4.15. The Morgan fingerprint density at radius 1 is 1.64 bits per heavy atom. The summed E-state index contributed by atoms with van der Waals surface area (Å²) >= 11 is 1.88. The van der Waals surface area contributed by atoms with E-state index < -0.39 is 0 Å². The first kappa shape index (κ1) is 12.3. The van der Waals surface area contributed by atoms with Gasteiger partial charge in [0.05, 0.1) is 12.1 Å². The summed E-state index contributed by atoms with van der Waals surface area (Å²) in [5, 5.41) is 0. The molecule has 14 heavy (non-hydrogen) atoms. The Bertz CT molecular complexity index is 172. The molecule has 1 heterocycles. The Hall–Kier alpha value is 0.230. The zero-order chi connectivity index (χ0) is 10.6. The Morgan fingerprint density at radius 3 is 2.79 bits per heavy atom. The number of thioether (sulfide) groups is 1. The molecule has 0 aliphatic carbocycles. The van der Waals surface area contributed by atoms with Gasteiger partial charge in [-0.2, -0.15) is 11.8 Å². The molecule has 2 N–H and O–H groups in total. The molecule has 0 saturated carbocycles. The highest BCUT2D eigenvalue weighted by molar-refractivity contribution is 7.98. The molecular formula is C10H22N2OS. The molecule has 1 rings (SSSR count). The first-order valence-electron chi connectivity index (χ1n) is 5.16. The molecule has 0 radical (unpaired) electrons. The van der Waals surface area contributed by atoms with Crippen molar-refractivity contribution in [3.63, 3.8) is 0 Å². The molecule has 0 aromatic carbocycles.